The number of benzene rings is 2. The fraction of sp³-hybridized carbons (Fsp3) is 0.364. The topological polar surface area (TPSA) is 76.2 Å². The van der Waals surface area contributed by atoms with Gasteiger partial charge in [-0.2, -0.15) is 0 Å². The number of nitrogens with one attached hydrogen (secondary N) is 2. The first kappa shape index (κ1) is 18.3. The molecule has 2 N–H and O–H groups in total. The molecular formula is C22H25N3O3. The summed E-state index contributed by atoms with van der Waals surface area (Å²) in [7, 11) is 0. The van der Waals surface area contributed by atoms with E-state index in [9.17, 15) is 4.79 Å². The van der Waals surface area contributed by atoms with Crippen molar-refractivity contribution in [1.29, 1.82) is 0 Å². The van der Waals surface area contributed by atoms with Gasteiger partial charge >= 0.3 is 0 Å². The Labute approximate surface area is 164 Å². The number of hydrogen-bond acceptors (Lipinski definition) is 4. The van der Waals surface area contributed by atoms with Gasteiger partial charge in [0.15, 0.2) is 11.5 Å². The molecule has 1 aliphatic rings. The standard InChI is InChI=1S/C22H25N3O3/c1-2-3-4-5-9-21(26)23-16-8-6-7-15(12-16)22-24-17-13-19-20(14-18(17)25-22)28-11-10-27-19/h6-8,12-14H,2-5,9-11H2,1H3,(H,23,26)(H,24,25). The molecule has 0 saturated carbocycles. The molecule has 0 unspecified atom stereocenters. The zero-order valence-electron chi connectivity index (χ0n) is 16.1. The molecule has 0 fully saturated rings. The van der Waals surface area contributed by atoms with Gasteiger partial charge in [-0.15, -0.1) is 0 Å². The van der Waals surface area contributed by atoms with Crippen molar-refractivity contribution in [3.63, 3.8) is 0 Å². The molecule has 0 spiro atoms. The zero-order valence-corrected chi connectivity index (χ0v) is 16.1. The third-order valence-electron chi connectivity index (χ3n) is 4.82. The minimum Gasteiger partial charge on any atom is -0.486 e. The van der Waals surface area contributed by atoms with Gasteiger partial charge in [-0.1, -0.05) is 38.3 Å². The van der Waals surface area contributed by atoms with Crippen LogP contribution < -0.4 is 14.8 Å². The molecule has 1 amide bonds. The van der Waals surface area contributed by atoms with Gasteiger partial charge in [-0.25, -0.2) is 4.98 Å². The number of carbonyl (C=O) groups is 1. The zero-order chi connectivity index (χ0) is 19.3. The van der Waals surface area contributed by atoms with Gasteiger partial charge < -0.3 is 19.8 Å². The molecule has 2 aromatic carbocycles. The molecule has 0 atom stereocenters. The van der Waals surface area contributed by atoms with E-state index in [2.05, 4.69) is 22.2 Å². The maximum Gasteiger partial charge on any atom is 0.224 e. The average molecular weight is 379 g/mol. The Balaban J connectivity index is 1.50. The Morgan fingerprint density at radius 1 is 1.11 bits per heavy atom. The van der Waals surface area contributed by atoms with E-state index in [4.69, 9.17) is 9.47 Å². The molecule has 1 aromatic heterocycles. The van der Waals surface area contributed by atoms with Gasteiger partial charge in [0.05, 0.1) is 11.0 Å². The van der Waals surface area contributed by atoms with Crippen molar-refractivity contribution in [3.05, 3.63) is 36.4 Å². The van der Waals surface area contributed by atoms with Crippen LogP contribution in [0, 0.1) is 0 Å². The number of amides is 1. The first-order chi connectivity index (χ1) is 13.7. The second-order valence-corrected chi connectivity index (χ2v) is 7.04. The highest BCUT2D eigenvalue weighted by Crippen LogP contribution is 2.35. The van der Waals surface area contributed by atoms with Crippen LogP contribution in [-0.4, -0.2) is 29.1 Å². The van der Waals surface area contributed by atoms with Crippen LogP contribution >= 0.6 is 0 Å². The van der Waals surface area contributed by atoms with E-state index in [0.717, 1.165) is 52.4 Å². The number of imidazole rings is 1. The van der Waals surface area contributed by atoms with E-state index < -0.39 is 0 Å². The van der Waals surface area contributed by atoms with E-state index in [1.807, 2.05) is 36.4 Å². The van der Waals surface area contributed by atoms with Crippen molar-refractivity contribution in [2.24, 2.45) is 0 Å². The number of rotatable bonds is 7. The second kappa shape index (κ2) is 8.33. The lowest BCUT2D eigenvalue weighted by Gasteiger charge is -2.17. The predicted octanol–water partition coefficient (Wildman–Crippen LogP) is 4.91. The Bertz CT molecular complexity index is 937. The van der Waals surface area contributed by atoms with Gasteiger partial charge in [0, 0.05) is 29.8 Å². The van der Waals surface area contributed by atoms with Crippen LogP contribution in [0.3, 0.4) is 0 Å². The Hall–Kier alpha value is -3.02. The highest BCUT2D eigenvalue weighted by atomic mass is 16.6. The molecule has 0 aliphatic carbocycles. The molecule has 3 aromatic rings. The van der Waals surface area contributed by atoms with Gasteiger partial charge in [0.25, 0.3) is 0 Å². The molecule has 28 heavy (non-hydrogen) atoms. The van der Waals surface area contributed by atoms with E-state index in [0.29, 0.717) is 19.6 Å². The maximum atomic E-state index is 12.1. The van der Waals surface area contributed by atoms with E-state index in [1.54, 1.807) is 0 Å². The molecule has 6 nitrogen and oxygen atoms in total. The SMILES string of the molecule is CCCCCCC(=O)Nc1cccc(-c2nc3cc4c(cc3[nH]2)OCCO4)c1. The van der Waals surface area contributed by atoms with Crippen LogP contribution in [0.2, 0.25) is 0 Å². The molecule has 6 heteroatoms. The van der Waals surface area contributed by atoms with Gasteiger partial charge in [-0.05, 0) is 18.6 Å². The number of aromatic nitrogens is 2. The molecule has 0 radical (unpaired) electrons. The van der Waals surface area contributed by atoms with E-state index in [-0.39, 0.29) is 5.91 Å². The number of carbonyl (C=O) groups excluding carboxylic acids is 1. The smallest absolute Gasteiger partial charge is 0.224 e. The van der Waals surface area contributed by atoms with Crippen molar-refractivity contribution in [1.82, 2.24) is 9.97 Å². The largest absolute Gasteiger partial charge is 0.486 e. The molecule has 146 valence electrons. The fourth-order valence-corrected chi connectivity index (χ4v) is 3.36. The molecule has 0 bridgehead atoms. The highest BCUT2D eigenvalue weighted by Gasteiger charge is 2.15. The van der Waals surface area contributed by atoms with Gasteiger partial charge in [0.2, 0.25) is 5.91 Å². The summed E-state index contributed by atoms with van der Waals surface area (Å²) in [6, 6.07) is 11.5. The lowest BCUT2D eigenvalue weighted by atomic mass is 10.1. The summed E-state index contributed by atoms with van der Waals surface area (Å²) < 4.78 is 11.3. The maximum absolute atomic E-state index is 12.1. The first-order valence-corrected chi connectivity index (χ1v) is 9.92. The Morgan fingerprint density at radius 3 is 2.75 bits per heavy atom. The molecular weight excluding hydrogens is 354 g/mol. The third kappa shape index (κ3) is 4.11. The number of unbranched alkanes of at least 4 members (excludes halogenated alkanes) is 3. The normalized spacial score (nSPS) is 12.9. The van der Waals surface area contributed by atoms with Crippen LogP contribution in [0.15, 0.2) is 36.4 Å². The average Bonchev–Trinajstić information content (AvgIpc) is 3.12. The fourth-order valence-electron chi connectivity index (χ4n) is 3.36. The van der Waals surface area contributed by atoms with Crippen LogP contribution in [0.5, 0.6) is 11.5 Å². The van der Waals surface area contributed by atoms with Crippen molar-refractivity contribution in [2.45, 2.75) is 39.0 Å². The lowest BCUT2D eigenvalue weighted by molar-refractivity contribution is -0.116. The molecule has 2 heterocycles. The monoisotopic (exact) mass is 379 g/mol. The summed E-state index contributed by atoms with van der Waals surface area (Å²) in [5, 5.41) is 2.99. The lowest BCUT2D eigenvalue weighted by Crippen LogP contribution is -2.15. The van der Waals surface area contributed by atoms with Crippen molar-refractivity contribution in [3.8, 4) is 22.9 Å². The summed E-state index contributed by atoms with van der Waals surface area (Å²) >= 11 is 0. The van der Waals surface area contributed by atoms with Crippen LogP contribution in [0.25, 0.3) is 22.4 Å². The van der Waals surface area contributed by atoms with Gasteiger partial charge in [-0.3, -0.25) is 4.79 Å². The number of H-pyrrole nitrogens is 1. The molecule has 1 aliphatic heterocycles. The molecule has 4 rings (SSSR count). The Morgan fingerprint density at radius 2 is 1.93 bits per heavy atom. The summed E-state index contributed by atoms with van der Waals surface area (Å²) in [5.74, 6) is 2.26. The number of fused-ring (bicyclic) bond motifs is 2. The van der Waals surface area contributed by atoms with Gasteiger partial charge in [0.1, 0.15) is 19.0 Å². The number of ether oxygens (including phenoxy) is 2. The van der Waals surface area contributed by atoms with Crippen LogP contribution in [0.4, 0.5) is 5.69 Å². The van der Waals surface area contributed by atoms with Crippen LogP contribution in [0.1, 0.15) is 39.0 Å². The number of nitrogens with zero attached hydrogens (tertiary/aromatic N) is 1. The van der Waals surface area contributed by atoms with Crippen molar-refractivity contribution in [2.75, 3.05) is 18.5 Å². The second-order valence-electron chi connectivity index (χ2n) is 7.04. The highest BCUT2D eigenvalue weighted by molar-refractivity contribution is 5.91. The van der Waals surface area contributed by atoms with Crippen LogP contribution in [-0.2, 0) is 4.79 Å². The minimum atomic E-state index is 0.0554. The summed E-state index contributed by atoms with van der Waals surface area (Å²) in [6.07, 6.45) is 4.93. The predicted molar refractivity (Wildman–Crippen MR) is 110 cm³/mol. The number of aromatic amines is 1. The molecule has 0 saturated heterocycles. The van der Waals surface area contributed by atoms with Crippen molar-refractivity contribution >= 4 is 22.6 Å². The quantitative estimate of drug-likeness (QED) is 0.572. The summed E-state index contributed by atoms with van der Waals surface area (Å²) in [6.45, 7) is 3.27. The summed E-state index contributed by atoms with van der Waals surface area (Å²) in [5.41, 5.74) is 3.42. The first-order valence-electron chi connectivity index (χ1n) is 9.92. The minimum absolute atomic E-state index is 0.0554. The van der Waals surface area contributed by atoms with E-state index >= 15 is 0 Å². The van der Waals surface area contributed by atoms with Crippen molar-refractivity contribution < 1.29 is 14.3 Å². The Kier molecular flexibility index (Phi) is 5.46. The van der Waals surface area contributed by atoms with E-state index in [1.165, 1.54) is 12.8 Å². The number of anilines is 1. The summed E-state index contributed by atoms with van der Waals surface area (Å²) in [4.78, 5) is 20.2. The number of hydrogen-bond donors (Lipinski definition) is 2. The third-order valence-corrected chi connectivity index (χ3v) is 4.82.